The van der Waals surface area contributed by atoms with E-state index in [9.17, 15) is 0 Å². The maximum atomic E-state index is 5.30. The number of ether oxygens (including phenoxy) is 1. The minimum absolute atomic E-state index is 0.616. The molecule has 0 amide bonds. The lowest BCUT2D eigenvalue weighted by Crippen LogP contribution is -2.40. The molecule has 1 rings (SSSR count). The van der Waals surface area contributed by atoms with E-state index in [0.717, 1.165) is 43.4 Å². The molecule has 0 radical (unpaired) electrons. The van der Waals surface area contributed by atoms with Crippen LogP contribution in [0.25, 0.3) is 0 Å². The Balaban J connectivity index is 2.32. The summed E-state index contributed by atoms with van der Waals surface area (Å²) in [5.74, 6) is 1.74. The Morgan fingerprint density at radius 2 is 2.20 bits per heavy atom. The van der Waals surface area contributed by atoms with E-state index in [1.807, 2.05) is 26.0 Å². The van der Waals surface area contributed by atoms with Crippen molar-refractivity contribution in [2.75, 3.05) is 32.8 Å². The summed E-state index contributed by atoms with van der Waals surface area (Å²) in [4.78, 5) is 4.45. The number of hydrogen-bond donors (Lipinski definition) is 2. The van der Waals surface area contributed by atoms with Crippen molar-refractivity contribution >= 4 is 5.96 Å². The number of guanidine groups is 1. The van der Waals surface area contributed by atoms with Crippen LogP contribution in [-0.4, -0.2) is 38.8 Å². The zero-order valence-electron chi connectivity index (χ0n) is 12.4. The average molecular weight is 279 g/mol. The van der Waals surface area contributed by atoms with E-state index in [1.54, 1.807) is 6.26 Å². The first-order valence-corrected chi connectivity index (χ1v) is 6.99. The highest BCUT2D eigenvalue weighted by atomic mass is 16.5. The summed E-state index contributed by atoms with van der Waals surface area (Å²) in [6, 6.07) is 3.86. The Bertz CT molecular complexity index is 399. The van der Waals surface area contributed by atoms with Gasteiger partial charge in [0.25, 0.3) is 0 Å². The number of furan rings is 1. The molecule has 20 heavy (non-hydrogen) atoms. The molecule has 0 saturated carbocycles. The van der Waals surface area contributed by atoms with Crippen molar-refractivity contribution < 1.29 is 9.15 Å². The summed E-state index contributed by atoms with van der Waals surface area (Å²) < 4.78 is 10.6. The number of hydrogen-bond acceptors (Lipinski definition) is 3. The predicted molar refractivity (Wildman–Crippen MR) is 82.0 cm³/mol. The Hall–Kier alpha value is -1.75. The molecule has 0 aromatic carbocycles. The fraction of sp³-hybridized carbons (Fsp3) is 0.533. The minimum Gasteiger partial charge on any atom is -0.469 e. The highest BCUT2D eigenvalue weighted by molar-refractivity contribution is 5.79. The van der Waals surface area contributed by atoms with Gasteiger partial charge < -0.3 is 19.8 Å². The summed E-state index contributed by atoms with van der Waals surface area (Å²) in [6.07, 6.45) is 2.51. The van der Waals surface area contributed by atoms with Crippen molar-refractivity contribution in [1.82, 2.24) is 10.6 Å². The van der Waals surface area contributed by atoms with Crippen LogP contribution in [0.15, 0.2) is 40.0 Å². The number of aliphatic imine (C=N–C) groups is 1. The van der Waals surface area contributed by atoms with Gasteiger partial charge in [0.05, 0.1) is 19.4 Å². The second-order valence-electron chi connectivity index (χ2n) is 4.50. The maximum absolute atomic E-state index is 5.30. The lowest BCUT2D eigenvalue weighted by molar-refractivity contribution is 0.152. The van der Waals surface area contributed by atoms with Crippen LogP contribution < -0.4 is 10.6 Å². The molecule has 0 aliphatic carbocycles. The molecule has 0 saturated heterocycles. The van der Waals surface area contributed by atoms with Crippen molar-refractivity contribution in [1.29, 1.82) is 0 Å². The van der Waals surface area contributed by atoms with Gasteiger partial charge in [-0.15, -0.1) is 0 Å². The van der Waals surface area contributed by atoms with Crippen molar-refractivity contribution in [2.45, 2.75) is 20.3 Å². The highest BCUT2D eigenvalue weighted by Crippen LogP contribution is 1.99. The first-order valence-electron chi connectivity index (χ1n) is 6.99. The molecule has 0 atom stereocenters. The molecule has 0 unspecified atom stereocenters. The van der Waals surface area contributed by atoms with Crippen molar-refractivity contribution in [2.24, 2.45) is 4.99 Å². The molecule has 5 nitrogen and oxygen atoms in total. The molecule has 1 aromatic heterocycles. The van der Waals surface area contributed by atoms with E-state index in [4.69, 9.17) is 9.15 Å². The zero-order valence-corrected chi connectivity index (χ0v) is 12.4. The standard InChI is InChI=1S/C15H25N3O2/c1-4-19-11-9-17-15(18-12-13(2)3)16-8-7-14-6-5-10-20-14/h5-6,10H,2,4,7-9,11-12H2,1,3H3,(H2,16,17,18). The second kappa shape index (κ2) is 10.1. The first kappa shape index (κ1) is 16.3. The molecular weight excluding hydrogens is 254 g/mol. The largest absolute Gasteiger partial charge is 0.469 e. The van der Waals surface area contributed by atoms with E-state index in [1.165, 1.54) is 0 Å². The third-order valence-corrected chi connectivity index (χ3v) is 2.49. The van der Waals surface area contributed by atoms with Gasteiger partial charge in [-0.3, -0.25) is 0 Å². The van der Waals surface area contributed by atoms with Gasteiger partial charge in [-0.25, -0.2) is 4.99 Å². The third kappa shape index (κ3) is 7.63. The van der Waals surface area contributed by atoms with Gasteiger partial charge in [-0.2, -0.15) is 0 Å². The van der Waals surface area contributed by atoms with Gasteiger partial charge in [-0.1, -0.05) is 12.2 Å². The summed E-state index contributed by atoms with van der Waals surface area (Å²) in [5.41, 5.74) is 1.03. The second-order valence-corrected chi connectivity index (χ2v) is 4.50. The summed E-state index contributed by atoms with van der Waals surface area (Å²) >= 11 is 0. The number of rotatable bonds is 9. The smallest absolute Gasteiger partial charge is 0.191 e. The van der Waals surface area contributed by atoms with Gasteiger partial charge in [-0.05, 0) is 26.0 Å². The van der Waals surface area contributed by atoms with Crippen LogP contribution in [-0.2, 0) is 11.2 Å². The van der Waals surface area contributed by atoms with Crippen molar-refractivity contribution in [3.63, 3.8) is 0 Å². The normalized spacial score (nSPS) is 11.4. The Morgan fingerprint density at radius 3 is 2.85 bits per heavy atom. The molecule has 1 aromatic rings. The van der Waals surface area contributed by atoms with E-state index in [-0.39, 0.29) is 0 Å². The van der Waals surface area contributed by atoms with Crippen LogP contribution in [0.2, 0.25) is 0 Å². The maximum Gasteiger partial charge on any atom is 0.191 e. The van der Waals surface area contributed by atoms with E-state index >= 15 is 0 Å². The van der Waals surface area contributed by atoms with Crippen LogP contribution >= 0.6 is 0 Å². The summed E-state index contributed by atoms with van der Waals surface area (Å²) in [6.45, 7) is 11.3. The van der Waals surface area contributed by atoms with Gasteiger partial charge >= 0.3 is 0 Å². The lowest BCUT2D eigenvalue weighted by Gasteiger charge is -2.12. The lowest BCUT2D eigenvalue weighted by atomic mass is 10.3. The minimum atomic E-state index is 0.616. The van der Waals surface area contributed by atoms with Crippen molar-refractivity contribution in [3.8, 4) is 0 Å². The zero-order chi connectivity index (χ0) is 14.6. The molecule has 0 bridgehead atoms. The van der Waals surface area contributed by atoms with E-state index in [2.05, 4.69) is 22.2 Å². The number of nitrogens with zero attached hydrogens (tertiary/aromatic N) is 1. The molecule has 2 N–H and O–H groups in total. The molecule has 112 valence electrons. The Kier molecular flexibility index (Phi) is 8.22. The molecule has 1 heterocycles. The predicted octanol–water partition coefficient (Wildman–Crippen LogP) is 1.97. The topological polar surface area (TPSA) is 58.8 Å². The van der Waals surface area contributed by atoms with Crippen LogP contribution in [0.5, 0.6) is 0 Å². The van der Waals surface area contributed by atoms with Crippen LogP contribution in [0, 0.1) is 0 Å². The van der Waals surface area contributed by atoms with Crippen LogP contribution in [0.1, 0.15) is 19.6 Å². The molecule has 0 fully saturated rings. The molecule has 0 aliphatic rings. The summed E-state index contributed by atoms with van der Waals surface area (Å²) in [5, 5.41) is 6.50. The van der Waals surface area contributed by atoms with Gasteiger partial charge in [0.2, 0.25) is 0 Å². The first-order chi connectivity index (χ1) is 9.72. The van der Waals surface area contributed by atoms with Gasteiger partial charge in [0.15, 0.2) is 5.96 Å². The van der Waals surface area contributed by atoms with Crippen LogP contribution in [0.4, 0.5) is 0 Å². The monoisotopic (exact) mass is 279 g/mol. The Labute approximate surface area is 121 Å². The Morgan fingerprint density at radius 1 is 1.40 bits per heavy atom. The van der Waals surface area contributed by atoms with E-state index in [0.29, 0.717) is 13.2 Å². The highest BCUT2D eigenvalue weighted by Gasteiger charge is 2.00. The fourth-order valence-corrected chi connectivity index (χ4v) is 1.53. The van der Waals surface area contributed by atoms with E-state index < -0.39 is 0 Å². The third-order valence-electron chi connectivity index (χ3n) is 2.49. The number of nitrogens with one attached hydrogen (secondary N) is 2. The van der Waals surface area contributed by atoms with Crippen LogP contribution in [0.3, 0.4) is 0 Å². The summed E-state index contributed by atoms with van der Waals surface area (Å²) in [7, 11) is 0. The quantitative estimate of drug-likeness (QED) is 0.314. The fourth-order valence-electron chi connectivity index (χ4n) is 1.53. The van der Waals surface area contributed by atoms with Gasteiger partial charge in [0, 0.05) is 26.1 Å². The SMILES string of the molecule is C=C(C)CN=C(NCCOCC)NCCc1ccco1. The molecular formula is C15H25N3O2. The average Bonchev–Trinajstić information content (AvgIpc) is 2.93. The molecule has 0 spiro atoms. The van der Waals surface area contributed by atoms with Gasteiger partial charge in [0.1, 0.15) is 5.76 Å². The molecule has 0 aliphatic heterocycles. The van der Waals surface area contributed by atoms with Crippen molar-refractivity contribution in [3.05, 3.63) is 36.3 Å². The molecule has 5 heteroatoms.